The fourth-order valence-electron chi connectivity index (χ4n) is 0.688. The van der Waals surface area contributed by atoms with Gasteiger partial charge in [-0.3, -0.25) is 0 Å². The second-order valence-electron chi connectivity index (χ2n) is 2.47. The molecule has 0 radical (unpaired) electrons. The summed E-state index contributed by atoms with van der Waals surface area (Å²) in [6.07, 6.45) is 0. The van der Waals surface area contributed by atoms with Crippen LogP contribution in [-0.2, 0) is 18.3 Å². The SMILES string of the molecule is C=C[Si](Cl)(OCCOC)OCCOC. The fraction of sp³-hybridized carbons (Fsp3) is 0.750. The lowest BCUT2D eigenvalue weighted by atomic mass is 10.8. The Bertz CT molecular complexity index is 146. The van der Waals surface area contributed by atoms with E-state index in [1.54, 1.807) is 14.2 Å². The van der Waals surface area contributed by atoms with Crippen molar-refractivity contribution in [2.75, 3.05) is 40.6 Å². The van der Waals surface area contributed by atoms with Crippen molar-refractivity contribution >= 4 is 18.9 Å². The Balaban J connectivity index is 3.73. The van der Waals surface area contributed by atoms with Crippen molar-refractivity contribution in [1.29, 1.82) is 0 Å². The molecule has 0 aromatic carbocycles. The highest BCUT2D eigenvalue weighted by Crippen LogP contribution is 2.13. The maximum atomic E-state index is 6.06. The maximum absolute atomic E-state index is 6.06. The van der Waals surface area contributed by atoms with Crippen LogP contribution in [0.15, 0.2) is 12.3 Å². The average molecular weight is 241 g/mol. The Hall–Kier alpha value is 0.0869. The summed E-state index contributed by atoms with van der Waals surface area (Å²) in [4.78, 5) is 0. The van der Waals surface area contributed by atoms with Crippen molar-refractivity contribution in [2.24, 2.45) is 0 Å². The van der Waals surface area contributed by atoms with Gasteiger partial charge >= 0.3 is 7.87 Å². The normalized spacial score (nSPS) is 11.6. The molecule has 0 rings (SSSR count). The van der Waals surface area contributed by atoms with E-state index in [4.69, 9.17) is 29.4 Å². The van der Waals surface area contributed by atoms with Crippen LogP contribution in [0.5, 0.6) is 0 Å². The van der Waals surface area contributed by atoms with E-state index in [1.165, 1.54) is 5.70 Å². The number of rotatable bonds is 9. The predicted octanol–water partition coefficient (Wildman–Crippen LogP) is 1.22. The van der Waals surface area contributed by atoms with Gasteiger partial charge in [-0.1, -0.05) is 11.1 Å². The topological polar surface area (TPSA) is 36.9 Å². The molecule has 0 saturated carbocycles. The van der Waals surface area contributed by atoms with E-state index >= 15 is 0 Å². The fourth-order valence-corrected chi connectivity index (χ4v) is 2.19. The molecule has 0 aliphatic rings. The minimum absolute atomic E-state index is 0.408. The first-order valence-electron chi connectivity index (χ1n) is 4.27. The average Bonchev–Trinajstić information content (AvgIpc) is 2.19. The molecular weight excluding hydrogens is 224 g/mol. The molecule has 0 bridgehead atoms. The van der Waals surface area contributed by atoms with Crippen molar-refractivity contribution in [3.63, 3.8) is 0 Å². The van der Waals surface area contributed by atoms with Crippen molar-refractivity contribution in [1.82, 2.24) is 0 Å². The molecule has 0 aliphatic heterocycles. The van der Waals surface area contributed by atoms with E-state index in [0.717, 1.165) is 0 Å². The van der Waals surface area contributed by atoms with Gasteiger partial charge in [-0.2, -0.15) is 0 Å². The first-order chi connectivity index (χ1) is 6.68. The molecule has 0 aromatic rings. The van der Waals surface area contributed by atoms with Gasteiger partial charge in [-0.25, -0.2) is 0 Å². The van der Waals surface area contributed by atoms with Crippen molar-refractivity contribution in [3.8, 4) is 0 Å². The summed E-state index contributed by atoms with van der Waals surface area (Å²) in [6, 6.07) is 0. The van der Waals surface area contributed by atoms with Crippen LogP contribution >= 0.6 is 11.1 Å². The molecule has 0 amide bonds. The highest BCUT2D eigenvalue weighted by Gasteiger charge is 2.31. The van der Waals surface area contributed by atoms with Gasteiger partial charge in [0.25, 0.3) is 0 Å². The van der Waals surface area contributed by atoms with Gasteiger partial charge in [-0.15, -0.1) is 6.58 Å². The summed E-state index contributed by atoms with van der Waals surface area (Å²) in [5.74, 6) is 0. The molecule has 0 aromatic heterocycles. The van der Waals surface area contributed by atoms with Gasteiger partial charge < -0.3 is 18.3 Å². The number of ether oxygens (including phenoxy) is 2. The lowest BCUT2D eigenvalue weighted by molar-refractivity contribution is 0.0995. The van der Waals surface area contributed by atoms with E-state index < -0.39 is 7.87 Å². The van der Waals surface area contributed by atoms with Crippen LogP contribution in [0.4, 0.5) is 0 Å². The summed E-state index contributed by atoms with van der Waals surface area (Å²) >= 11 is 6.06. The van der Waals surface area contributed by atoms with Crippen LogP contribution in [0.2, 0.25) is 0 Å². The maximum Gasteiger partial charge on any atom is 0.470 e. The molecule has 0 saturated heterocycles. The molecular formula is C8H17ClO4Si. The zero-order chi connectivity index (χ0) is 10.9. The van der Waals surface area contributed by atoms with E-state index in [1.807, 2.05) is 0 Å². The zero-order valence-corrected chi connectivity index (χ0v) is 10.4. The molecule has 0 N–H and O–H groups in total. The Morgan fingerprint density at radius 1 is 1.07 bits per heavy atom. The van der Waals surface area contributed by atoms with Gasteiger partial charge in [0.15, 0.2) is 0 Å². The minimum Gasteiger partial charge on any atom is -0.382 e. The molecule has 4 nitrogen and oxygen atoms in total. The van der Waals surface area contributed by atoms with Gasteiger partial charge in [0.1, 0.15) is 0 Å². The summed E-state index contributed by atoms with van der Waals surface area (Å²) < 4.78 is 20.4. The summed E-state index contributed by atoms with van der Waals surface area (Å²) in [5.41, 5.74) is 1.53. The van der Waals surface area contributed by atoms with E-state index in [-0.39, 0.29) is 0 Å². The molecule has 0 aliphatic carbocycles. The predicted molar refractivity (Wildman–Crippen MR) is 57.5 cm³/mol. The Labute approximate surface area is 90.7 Å². The van der Waals surface area contributed by atoms with E-state index in [0.29, 0.717) is 26.4 Å². The molecule has 0 spiro atoms. The number of hydrogen-bond donors (Lipinski definition) is 0. The monoisotopic (exact) mass is 240 g/mol. The van der Waals surface area contributed by atoms with E-state index in [9.17, 15) is 0 Å². The van der Waals surface area contributed by atoms with Crippen molar-refractivity contribution < 1.29 is 18.3 Å². The number of methoxy groups -OCH3 is 2. The standard InChI is InChI=1S/C8H17ClO4Si/c1-4-14(9,12-7-5-10-2)13-8-6-11-3/h4H,1,5-8H2,2-3H3. The minimum atomic E-state index is -2.72. The van der Waals surface area contributed by atoms with Gasteiger partial charge in [0.05, 0.1) is 26.4 Å². The van der Waals surface area contributed by atoms with Crippen LogP contribution in [0.1, 0.15) is 0 Å². The molecule has 84 valence electrons. The highest BCUT2D eigenvalue weighted by molar-refractivity contribution is 7.15. The van der Waals surface area contributed by atoms with Crippen LogP contribution in [0.25, 0.3) is 0 Å². The highest BCUT2D eigenvalue weighted by atomic mass is 35.6. The van der Waals surface area contributed by atoms with Gasteiger partial charge in [0.2, 0.25) is 0 Å². The molecule has 0 heterocycles. The third-order valence-electron chi connectivity index (χ3n) is 1.42. The van der Waals surface area contributed by atoms with Crippen molar-refractivity contribution in [2.45, 2.75) is 0 Å². The number of halogens is 1. The smallest absolute Gasteiger partial charge is 0.382 e. The van der Waals surface area contributed by atoms with Crippen LogP contribution in [0.3, 0.4) is 0 Å². The van der Waals surface area contributed by atoms with Crippen LogP contribution in [0, 0.1) is 0 Å². The largest absolute Gasteiger partial charge is 0.470 e. The second kappa shape index (κ2) is 8.40. The molecule has 0 unspecified atom stereocenters. The van der Waals surface area contributed by atoms with Crippen LogP contribution < -0.4 is 0 Å². The lowest BCUT2D eigenvalue weighted by Crippen LogP contribution is -2.36. The van der Waals surface area contributed by atoms with E-state index in [2.05, 4.69) is 6.58 Å². The quantitative estimate of drug-likeness (QED) is 0.345. The third-order valence-corrected chi connectivity index (χ3v) is 4.22. The van der Waals surface area contributed by atoms with Crippen LogP contribution in [-0.4, -0.2) is 48.5 Å². The Morgan fingerprint density at radius 3 is 1.79 bits per heavy atom. The molecule has 0 atom stereocenters. The second-order valence-corrected chi connectivity index (χ2v) is 6.20. The summed E-state index contributed by atoms with van der Waals surface area (Å²) in [7, 11) is 0.474. The van der Waals surface area contributed by atoms with Crippen molar-refractivity contribution in [3.05, 3.63) is 12.3 Å². The Kier molecular flexibility index (Phi) is 8.45. The number of hydrogen-bond acceptors (Lipinski definition) is 4. The molecule has 0 fully saturated rings. The van der Waals surface area contributed by atoms with Gasteiger partial charge in [-0.05, 0) is 5.70 Å². The summed E-state index contributed by atoms with van der Waals surface area (Å²) in [6.45, 7) is 5.38. The third kappa shape index (κ3) is 6.53. The first-order valence-corrected chi connectivity index (χ1v) is 7.17. The van der Waals surface area contributed by atoms with Gasteiger partial charge in [0, 0.05) is 14.2 Å². The molecule has 6 heteroatoms. The lowest BCUT2D eigenvalue weighted by Gasteiger charge is -2.20. The summed E-state index contributed by atoms with van der Waals surface area (Å²) in [5, 5.41) is 0. The zero-order valence-electron chi connectivity index (χ0n) is 8.62. The first kappa shape index (κ1) is 14.1. The Morgan fingerprint density at radius 2 is 1.50 bits per heavy atom. The molecule has 14 heavy (non-hydrogen) atoms.